The Hall–Kier alpha value is -1.12. The third-order valence-corrected chi connectivity index (χ3v) is 1.52. The molecular weight excluding hydrogens is 215 g/mol. The normalized spacial score (nSPS) is 12.4. The number of carbonyl (C=O) groups excluding carboxylic acids is 1. The van der Waals surface area contributed by atoms with Gasteiger partial charge in [0.15, 0.2) is 0 Å². The fourth-order valence-corrected chi connectivity index (χ4v) is 0.679. The van der Waals surface area contributed by atoms with Crippen molar-refractivity contribution in [2.75, 3.05) is 13.7 Å². The van der Waals surface area contributed by atoms with Crippen molar-refractivity contribution in [1.29, 1.82) is 0 Å². The molecule has 0 saturated heterocycles. The summed E-state index contributed by atoms with van der Waals surface area (Å²) in [5.74, 6) is -3.37. The maximum atomic E-state index is 12.7. The Labute approximate surface area is 84.7 Å². The van der Waals surface area contributed by atoms with Crippen LogP contribution in [0.3, 0.4) is 0 Å². The smallest absolute Gasteiger partial charge is 0.330 e. The summed E-state index contributed by atoms with van der Waals surface area (Å²) in [4.78, 5) is 10.8. The first-order chi connectivity index (χ1) is 7.02. The molecule has 0 atom stereocenters. The molecule has 0 amide bonds. The van der Waals surface area contributed by atoms with Crippen LogP contribution in [-0.4, -0.2) is 30.5 Å². The van der Waals surface area contributed by atoms with Crippen LogP contribution in [0.15, 0.2) is 12.2 Å². The first-order valence-electron chi connectivity index (χ1n) is 4.03. The third kappa shape index (κ3) is 3.86. The zero-order valence-electron chi connectivity index (χ0n) is 8.26. The molecule has 15 heavy (non-hydrogen) atoms. The van der Waals surface area contributed by atoms with Crippen molar-refractivity contribution in [3.8, 4) is 0 Å². The summed E-state index contributed by atoms with van der Waals surface area (Å²) in [6.07, 6.45) is 1.30. The number of ether oxygens (including phenoxy) is 1. The van der Waals surface area contributed by atoms with E-state index >= 15 is 0 Å². The standard InChI is InChI=1S/C7H12F3N3O2/c1-3-15-6(14)4-5-7(11-8,12-9)13(2)10/h4-5,11-12H,3H2,1-2H3. The van der Waals surface area contributed by atoms with E-state index in [1.165, 1.54) is 0 Å². The van der Waals surface area contributed by atoms with Gasteiger partial charge in [-0.3, -0.25) is 0 Å². The van der Waals surface area contributed by atoms with Crippen LogP contribution in [0.4, 0.5) is 13.4 Å². The molecule has 0 radical (unpaired) electrons. The number of carbonyl (C=O) groups is 1. The number of nitrogens with zero attached hydrogens (tertiary/aromatic N) is 1. The maximum Gasteiger partial charge on any atom is 0.330 e. The largest absolute Gasteiger partial charge is 0.463 e. The number of nitrogens with one attached hydrogen (secondary N) is 2. The average Bonchev–Trinajstić information content (AvgIpc) is 2.20. The Bertz CT molecular complexity index is 232. The minimum Gasteiger partial charge on any atom is -0.463 e. The second-order valence-electron chi connectivity index (χ2n) is 2.52. The van der Waals surface area contributed by atoms with E-state index in [1.807, 2.05) is 0 Å². The number of halogens is 3. The molecule has 0 aromatic carbocycles. The molecule has 0 aliphatic carbocycles. The molecule has 0 aromatic heterocycles. The van der Waals surface area contributed by atoms with Gasteiger partial charge in [-0.1, -0.05) is 0 Å². The highest BCUT2D eigenvalue weighted by Gasteiger charge is 2.33. The van der Waals surface area contributed by atoms with Crippen LogP contribution in [-0.2, 0) is 9.53 Å². The van der Waals surface area contributed by atoms with Crippen LogP contribution in [0.5, 0.6) is 0 Å². The van der Waals surface area contributed by atoms with Crippen LogP contribution in [0.2, 0.25) is 0 Å². The van der Waals surface area contributed by atoms with E-state index in [-0.39, 0.29) is 11.7 Å². The van der Waals surface area contributed by atoms with Gasteiger partial charge in [0.1, 0.15) is 0 Å². The second kappa shape index (κ2) is 6.38. The Morgan fingerprint density at radius 1 is 1.53 bits per heavy atom. The molecule has 5 nitrogen and oxygen atoms in total. The van der Waals surface area contributed by atoms with E-state index in [0.717, 1.165) is 18.1 Å². The molecule has 0 aromatic rings. The van der Waals surface area contributed by atoms with Gasteiger partial charge in [-0.2, -0.15) is 0 Å². The average molecular weight is 227 g/mol. The Morgan fingerprint density at radius 3 is 2.40 bits per heavy atom. The lowest BCUT2D eigenvalue weighted by atomic mass is 10.3. The SMILES string of the molecule is CCOC(=O)C=CC(NF)(NF)N(C)F. The first kappa shape index (κ1) is 13.9. The lowest BCUT2D eigenvalue weighted by molar-refractivity contribution is -0.138. The topological polar surface area (TPSA) is 53.6 Å². The summed E-state index contributed by atoms with van der Waals surface area (Å²) in [5.41, 5.74) is 1.66. The van der Waals surface area contributed by atoms with Gasteiger partial charge in [0, 0.05) is 13.1 Å². The number of hydrogen-bond acceptors (Lipinski definition) is 5. The van der Waals surface area contributed by atoms with Crippen LogP contribution < -0.4 is 11.1 Å². The van der Waals surface area contributed by atoms with Crippen molar-refractivity contribution in [2.24, 2.45) is 0 Å². The third-order valence-electron chi connectivity index (χ3n) is 1.52. The molecule has 0 unspecified atom stereocenters. The highest BCUT2D eigenvalue weighted by Crippen LogP contribution is 2.09. The summed E-state index contributed by atoms with van der Waals surface area (Å²) in [7, 11) is 0.759. The molecule has 0 aliphatic rings. The molecule has 0 rings (SSSR count). The fourth-order valence-electron chi connectivity index (χ4n) is 0.679. The summed E-state index contributed by atoms with van der Waals surface area (Å²) in [5, 5.41) is -0.331. The van der Waals surface area contributed by atoms with Gasteiger partial charge in [-0.15, -0.1) is 29.6 Å². The quantitative estimate of drug-likeness (QED) is 0.300. The monoisotopic (exact) mass is 227 g/mol. The van der Waals surface area contributed by atoms with E-state index < -0.39 is 11.8 Å². The maximum absolute atomic E-state index is 12.7. The first-order valence-corrected chi connectivity index (χ1v) is 4.03. The lowest BCUT2D eigenvalue weighted by Gasteiger charge is -2.27. The Morgan fingerprint density at radius 2 is 2.07 bits per heavy atom. The van der Waals surface area contributed by atoms with Gasteiger partial charge in [0.05, 0.1) is 6.61 Å². The zero-order chi connectivity index (χ0) is 11.9. The van der Waals surface area contributed by atoms with Crippen LogP contribution in [0.25, 0.3) is 0 Å². The van der Waals surface area contributed by atoms with Gasteiger partial charge >= 0.3 is 5.97 Å². The van der Waals surface area contributed by atoms with Gasteiger partial charge in [-0.05, 0) is 13.0 Å². The summed E-state index contributed by atoms with van der Waals surface area (Å²) < 4.78 is 41.4. The predicted molar refractivity (Wildman–Crippen MR) is 45.9 cm³/mol. The Balaban J connectivity index is 4.60. The summed E-state index contributed by atoms with van der Waals surface area (Å²) in [6, 6.07) is 0. The van der Waals surface area contributed by atoms with Crippen LogP contribution in [0.1, 0.15) is 6.92 Å². The molecular formula is C7H12F3N3O2. The van der Waals surface area contributed by atoms with Crippen LogP contribution in [0, 0.1) is 0 Å². The molecule has 0 aliphatic heterocycles. The molecule has 0 fully saturated rings. The van der Waals surface area contributed by atoms with Crippen molar-refractivity contribution in [1.82, 2.24) is 16.2 Å². The molecule has 8 heteroatoms. The van der Waals surface area contributed by atoms with Crippen molar-refractivity contribution >= 4 is 5.97 Å². The fraction of sp³-hybridized carbons (Fsp3) is 0.571. The summed E-state index contributed by atoms with van der Waals surface area (Å²) >= 11 is 0. The minimum absolute atomic E-state index is 0.105. The second-order valence-corrected chi connectivity index (χ2v) is 2.52. The minimum atomic E-state index is -2.53. The van der Waals surface area contributed by atoms with E-state index in [0.29, 0.717) is 12.2 Å². The van der Waals surface area contributed by atoms with Gasteiger partial charge in [0.2, 0.25) is 5.79 Å². The van der Waals surface area contributed by atoms with E-state index in [9.17, 15) is 18.2 Å². The molecule has 2 N–H and O–H groups in total. The number of likely N-dealkylation sites (N-methyl/N-ethyl adjacent to an activating group) is 1. The van der Waals surface area contributed by atoms with Crippen molar-refractivity contribution in [2.45, 2.75) is 12.7 Å². The Kier molecular flexibility index (Phi) is 5.90. The highest BCUT2D eigenvalue weighted by molar-refractivity contribution is 5.82. The van der Waals surface area contributed by atoms with Crippen molar-refractivity contribution < 1.29 is 23.0 Å². The van der Waals surface area contributed by atoms with E-state index in [2.05, 4.69) is 4.74 Å². The van der Waals surface area contributed by atoms with Gasteiger partial charge < -0.3 is 4.74 Å². The molecule has 0 spiro atoms. The number of esters is 1. The number of rotatable bonds is 6. The summed E-state index contributed by atoms with van der Waals surface area (Å²) in [6.45, 7) is 1.66. The van der Waals surface area contributed by atoms with E-state index in [4.69, 9.17) is 0 Å². The zero-order valence-corrected chi connectivity index (χ0v) is 8.26. The van der Waals surface area contributed by atoms with Crippen molar-refractivity contribution in [3.63, 3.8) is 0 Å². The molecule has 0 bridgehead atoms. The highest BCUT2D eigenvalue weighted by atomic mass is 19.2. The van der Waals surface area contributed by atoms with Crippen molar-refractivity contribution in [3.05, 3.63) is 12.2 Å². The lowest BCUT2D eigenvalue weighted by Crippen LogP contribution is -2.58. The molecule has 88 valence electrons. The number of hydrogen-bond donors (Lipinski definition) is 2. The molecule has 0 heterocycles. The molecule has 0 saturated carbocycles. The van der Waals surface area contributed by atoms with E-state index in [1.54, 1.807) is 6.92 Å². The van der Waals surface area contributed by atoms with Crippen LogP contribution >= 0.6 is 0 Å². The van der Waals surface area contributed by atoms with Gasteiger partial charge in [-0.25, -0.2) is 4.79 Å². The van der Waals surface area contributed by atoms with Gasteiger partial charge in [0.25, 0.3) is 0 Å². The predicted octanol–water partition coefficient (Wildman–Crippen LogP) is 0.524.